The van der Waals surface area contributed by atoms with E-state index in [2.05, 4.69) is 24.3 Å². The SMILES string of the molecule is COc1cc(OC)c(C)c(-c2nc3cc4ccccc4cc3n[n+]2C)c1. The highest BCUT2D eigenvalue weighted by molar-refractivity contribution is 5.94. The summed E-state index contributed by atoms with van der Waals surface area (Å²) >= 11 is 0. The minimum atomic E-state index is 0.725. The molecule has 0 N–H and O–H groups in total. The lowest BCUT2D eigenvalue weighted by molar-refractivity contribution is -0.720. The summed E-state index contributed by atoms with van der Waals surface area (Å²) in [6, 6.07) is 16.2. The van der Waals surface area contributed by atoms with E-state index < -0.39 is 0 Å². The summed E-state index contributed by atoms with van der Waals surface area (Å²) in [6.45, 7) is 2.01. The van der Waals surface area contributed by atoms with Crippen LogP contribution in [0, 0.1) is 6.92 Å². The minimum absolute atomic E-state index is 0.725. The van der Waals surface area contributed by atoms with Gasteiger partial charge in [-0.25, -0.2) is 0 Å². The summed E-state index contributed by atoms with van der Waals surface area (Å²) in [7, 11) is 5.21. The van der Waals surface area contributed by atoms with Crippen LogP contribution in [0.3, 0.4) is 0 Å². The first-order valence-electron chi connectivity index (χ1n) is 8.40. The molecule has 0 radical (unpaired) electrons. The monoisotopic (exact) mass is 346 g/mol. The van der Waals surface area contributed by atoms with E-state index in [1.54, 1.807) is 18.9 Å². The standard InChI is InChI=1S/C21H20N3O2/c1-13-17(11-16(25-3)12-20(13)26-4)21-22-18-9-14-7-5-6-8-15(14)10-19(18)23-24(21)2/h5-12H,1-4H3/q+1. The van der Waals surface area contributed by atoms with Gasteiger partial charge in [0.25, 0.3) is 0 Å². The van der Waals surface area contributed by atoms with Crippen molar-refractivity contribution in [1.29, 1.82) is 0 Å². The van der Waals surface area contributed by atoms with Gasteiger partial charge in [0, 0.05) is 11.6 Å². The lowest BCUT2D eigenvalue weighted by atomic mass is 10.1. The number of benzene rings is 3. The van der Waals surface area contributed by atoms with Crippen LogP contribution >= 0.6 is 0 Å². The van der Waals surface area contributed by atoms with Gasteiger partial charge in [0.05, 0.1) is 19.8 Å². The molecule has 0 bridgehead atoms. The van der Waals surface area contributed by atoms with Crippen LogP contribution in [-0.4, -0.2) is 24.3 Å². The summed E-state index contributed by atoms with van der Waals surface area (Å²) in [5, 5.41) is 7.03. The van der Waals surface area contributed by atoms with Gasteiger partial charge in [-0.15, -0.1) is 4.68 Å². The van der Waals surface area contributed by atoms with Crippen LogP contribution in [0.15, 0.2) is 48.5 Å². The Kier molecular flexibility index (Phi) is 3.92. The van der Waals surface area contributed by atoms with Crippen LogP contribution in [0.4, 0.5) is 0 Å². The second-order valence-electron chi connectivity index (χ2n) is 6.25. The molecule has 0 saturated carbocycles. The summed E-state index contributed by atoms with van der Waals surface area (Å²) in [4.78, 5) is 4.90. The molecule has 0 unspecified atom stereocenters. The van der Waals surface area contributed by atoms with Gasteiger partial charge in [-0.05, 0) is 40.9 Å². The fourth-order valence-corrected chi connectivity index (χ4v) is 3.24. The average molecular weight is 346 g/mol. The van der Waals surface area contributed by atoms with Crippen molar-refractivity contribution in [1.82, 2.24) is 10.1 Å². The molecular formula is C21H20N3O2+. The number of fused-ring (bicyclic) bond motifs is 2. The van der Waals surface area contributed by atoms with E-state index in [4.69, 9.17) is 19.6 Å². The Morgan fingerprint density at radius 3 is 2.23 bits per heavy atom. The third kappa shape index (κ3) is 2.62. The minimum Gasteiger partial charge on any atom is -0.497 e. The van der Waals surface area contributed by atoms with E-state index in [9.17, 15) is 0 Å². The van der Waals surface area contributed by atoms with Crippen molar-refractivity contribution >= 4 is 21.8 Å². The van der Waals surface area contributed by atoms with Gasteiger partial charge in [-0.3, -0.25) is 0 Å². The Bertz CT molecular complexity index is 1140. The maximum atomic E-state index is 5.50. The molecule has 5 nitrogen and oxygen atoms in total. The first-order chi connectivity index (χ1) is 12.6. The highest BCUT2D eigenvalue weighted by atomic mass is 16.5. The summed E-state index contributed by atoms with van der Waals surface area (Å²) in [5.74, 6) is 2.25. The lowest BCUT2D eigenvalue weighted by Gasteiger charge is -2.11. The maximum Gasteiger partial charge on any atom is 0.351 e. The Labute approximate surface area is 151 Å². The number of hydrogen-bond donors (Lipinski definition) is 0. The molecule has 0 amide bonds. The van der Waals surface area contributed by atoms with Gasteiger partial charge < -0.3 is 9.47 Å². The zero-order valence-electron chi connectivity index (χ0n) is 15.3. The topological polar surface area (TPSA) is 48.1 Å². The molecule has 130 valence electrons. The van der Waals surface area contributed by atoms with Crippen LogP contribution in [-0.2, 0) is 7.05 Å². The number of rotatable bonds is 3. The van der Waals surface area contributed by atoms with E-state index in [1.165, 1.54) is 0 Å². The van der Waals surface area contributed by atoms with Crippen LogP contribution in [0.2, 0.25) is 0 Å². The highest BCUT2D eigenvalue weighted by Gasteiger charge is 2.22. The maximum absolute atomic E-state index is 5.50. The van der Waals surface area contributed by atoms with Crippen molar-refractivity contribution in [3.8, 4) is 22.9 Å². The fourth-order valence-electron chi connectivity index (χ4n) is 3.24. The molecule has 1 heterocycles. The van der Waals surface area contributed by atoms with Crippen molar-refractivity contribution in [3.05, 3.63) is 54.1 Å². The van der Waals surface area contributed by atoms with E-state index in [0.717, 1.165) is 50.3 Å². The smallest absolute Gasteiger partial charge is 0.351 e. The van der Waals surface area contributed by atoms with Gasteiger partial charge >= 0.3 is 5.82 Å². The molecule has 4 rings (SSSR count). The van der Waals surface area contributed by atoms with Crippen molar-refractivity contribution in [2.45, 2.75) is 6.92 Å². The van der Waals surface area contributed by atoms with Gasteiger partial charge in [-0.2, -0.15) is 0 Å². The van der Waals surface area contributed by atoms with E-state index >= 15 is 0 Å². The number of nitrogens with zero attached hydrogens (tertiary/aromatic N) is 3. The average Bonchev–Trinajstić information content (AvgIpc) is 2.66. The second-order valence-corrected chi connectivity index (χ2v) is 6.25. The van der Waals surface area contributed by atoms with E-state index in [-0.39, 0.29) is 0 Å². The number of hydrogen-bond acceptors (Lipinski definition) is 4. The Balaban J connectivity index is 1.99. The molecule has 0 aliphatic heterocycles. The molecule has 0 fully saturated rings. The van der Waals surface area contributed by atoms with Crippen LogP contribution < -0.4 is 14.2 Å². The highest BCUT2D eigenvalue weighted by Crippen LogP contribution is 2.33. The predicted octanol–water partition coefficient (Wildman–Crippen LogP) is 3.60. The van der Waals surface area contributed by atoms with Crippen LogP contribution in [0.25, 0.3) is 33.2 Å². The predicted molar refractivity (Wildman–Crippen MR) is 101 cm³/mol. The Morgan fingerprint density at radius 1 is 0.885 bits per heavy atom. The quantitative estimate of drug-likeness (QED) is 0.420. The molecule has 0 atom stereocenters. The first-order valence-corrected chi connectivity index (χ1v) is 8.40. The van der Waals surface area contributed by atoms with Crippen molar-refractivity contribution in [2.24, 2.45) is 7.05 Å². The largest absolute Gasteiger partial charge is 0.497 e. The van der Waals surface area contributed by atoms with Gasteiger partial charge in [0.2, 0.25) is 5.52 Å². The van der Waals surface area contributed by atoms with E-state index in [0.29, 0.717) is 0 Å². The fraction of sp³-hybridized carbons (Fsp3) is 0.190. The van der Waals surface area contributed by atoms with Gasteiger partial charge in [0.15, 0.2) is 5.52 Å². The molecule has 1 aromatic heterocycles. The molecule has 0 aliphatic rings. The molecule has 4 aromatic rings. The van der Waals surface area contributed by atoms with E-state index in [1.807, 2.05) is 38.2 Å². The number of aromatic nitrogens is 3. The molecule has 0 saturated heterocycles. The molecule has 5 heteroatoms. The summed E-state index contributed by atoms with van der Waals surface area (Å²) in [6.07, 6.45) is 0. The molecular weight excluding hydrogens is 326 g/mol. The Hall–Kier alpha value is -3.21. The number of aryl methyl sites for hydroxylation is 1. The third-order valence-corrected chi connectivity index (χ3v) is 4.66. The van der Waals surface area contributed by atoms with Crippen molar-refractivity contribution in [2.75, 3.05) is 14.2 Å². The summed E-state index contributed by atoms with van der Waals surface area (Å²) < 4.78 is 12.7. The molecule has 0 spiro atoms. The number of ether oxygens (including phenoxy) is 2. The van der Waals surface area contributed by atoms with Crippen molar-refractivity contribution < 1.29 is 14.2 Å². The Morgan fingerprint density at radius 2 is 1.58 bits per heavy atom. The second kappa shape index (κ2) is 6.26. The van der Waals surface area contributed by atoms with Crippen LogP contribution in [0.5, 0.6) is 11.5 Å². The third-order valence-electron chi connectivity index (χ3n) is 4.66. The first kappa shape index (κ1) is 16.3. The van der Waals surface area contributed by atoms with Gasteiger partial charge in [-0.1, -0.05) is 29.4 Å². The van der Waals surface area contributed by atoms with Crippen LogP contribution in [0.1, 0.15) is 5.56 Å². The normalized spacial score (nSPS) is 11.1. The number of methoxy groups -OCH3 is 2. The lowest BCUT2D eigenvalue weighted by Crippen LogP contribution is -2.37. The molecule has 26 heavy (non-hydrogen) atoms. The van der Waals surface area contributed by atoms with Crippen molar-refractivity contribution in [3.63, 3.8) is 0 Å². The molecule has 3 aromatic carbocycles. The molecule has 0 aliphatic carbocycles. The summed E-state index contributed by atoms with van der Waals surface area (Å²) in [5.41, 5.74) is 3.66. The zero-order valence-corrected chi connectivity index (χ0v) is 15.3. The van der Waals surface area contributed by atoms with Gasteiger partial charge in [0.1, 0.15) is 18.5 Å². The zero-order chi connectivity index (χ0) is 18.3.